The second-order valence-corrected chi connectivity index (χ2v) is 5.28. The maximum absolute atomic E-state index is 5.91. The van der Waals surface area contributed by atoms with Gasteiger partial charge in [0.25, 0.3) is 0 Å². The second kappa shape index (κ2) is 6.68. The quantitative estimate of drug-likeness (QED) is 0.880. The predicted molar refractivity (Wildman–Crippen MR) is 77.3 cm³/mol. The molecule has 5 heteroatoms. The van der Waals surface area contributed by atoms with Crippen LogP contribution in [0.25, 0.3) is 0 Å². The van der Waals surface area contributed by atoms with E-state index in [0.717, 1.165) is 30.1 Å². The van der Waals surface area contributed by atoms with Crippen molar-refractivity contribution >= 4 is 11.6 Å². The molecule has 0 radical (unpaired) electrons. The summed E-state index contributed by atoms with van der Waals surface area (Å²) in [5.74, 6) is 0.503. The molecule has 1 unspecified atom stereocenters. The predicted octanol–water partition coefficient (Wildman–Crippen LogP) is 2.09. The molecule has 0 amide bonds. The van der Waals surface area contributed by atoms with Crippen LogP contribution in [0.4, 0.5) is 0 Å². The molecule has 102 valence electrons. The molecule has 2 aromatic rings. The summed E-state index contributed by atoms with van der Waals surface area (Å²) in [4.78, 5) is 0. The van der Waals surface area contributed by atoms with Gasteiger partial charge in [-0.2, -0.15) is 0 Å². The van der Waals surface area contributed by atoms with Gasteiger partial charge in [-0.05, 0) is 50.0 Å². The van der Waals surface area contributed by atoms with E-state index in [1.54, 1.807) is 4.68 Å². The summed E-state index contributed by atoms with van der Waals surface area (Å²) in [6.07, 6.45) is 3.91. The molecule has 0 bridgehead atoms. The third-order valence-corrected chi connectivity index (χ3v) is 3.33. The van der Waals surface area contributed by atoms with Crippen LogP contribution in [0.1, 0.15) is 11.3 Å². The van der Waals surface area contributed by atoms with E-state index in [-0.39, 0.29) is 0 Å². The maximum atomic E-state index is 5.91. The average Bonchev–Trinajstić information content (AvgIpc) is 2.78. The van der Waals surface area contributed by atoms with Gasteiger partial charge in [0.2, 0.25) is 0 Å². The third-order valence-electron chi connectivity index (χ3n) is 3.08. The fourth-order valence-corrected chi connectivity index (χ4v) is 2.37. The number of aryl methyl sites for hydroxylation is 1. The number of hydrogen-bond donors (Lipinski definition) is 1. The molecule has 0 aliphatic carbocycles. The summed E-state index contributed by atoms with van der Waals surface area (Å²) in [6, 6.07) is 8.05. The summed E-state index contributed by atoms with van der Waals surface area (Å²) in [6.45, 7) is 0.958. The van der Waals surface area contributed by atoms with E-state index < -0.39 is 0 Å². The lowest BCUT2D eigenvalue weighted by atomic mass is 9.95. The van der Waals surface area contributed by atoms with Gasteiger partial charge >= 0.3 is 0 Å². The van der Waals surface area contributed by atoms with Crippen molar-refractivity contribution in [3.05, 3.63) is 46.7 Å². The molecule has 0 saturated carbocycles. The zero-order valence-electron chi connectivity index (χ0n) is 11.3. The number of benzene rings is 1. The number of nitrogens with one attached hydrogen (secondary N) is 1. The van der Waals surface area contributed by atoms with Crippen LogP contribution in [0.3, 0.4) is 0 Å². The molecule has 1 atom stereocenters. The van der Waals surface area contributed by atoms with E-state index in [4.69, 9.17) is 11.6 Å². The first-order valence-electron chi connectivity index (χ1n) is 6.41. The van der Waals surface area contributed by atoms with Gasteiger partial charge in [-0.25, -0.2) is 0 Å². The molecule has 2 rings (SSSR count). The molecule has 1 aromatic heterocycles. The summed E-state index contributed by atoms with van der Waals surface area (Å²) in [5, 5.41) is 12.2. The van der Waals surface area contributed by atoms with Gasteiger partial charge in [0.15, 0.2) is 0 Å². The highest BCUT2D eigenvalue weighted by Gasteiger charge is 2.12. The lowest BCUT2D eigenvalue weighted by Crippen LogP contribution is -2.23. The monoisotopic (exact) mass is 278 g/mol. The van der Waals surface area contributed by atoms with Crippen molar-refractivity contribution in [1.29, 1.82) is 0 Å². The Kier molecular flexibility index (Phi) is 4.93. The highest BCUT2D eigenvalue weighted by Crippen LogP contribution is 2.15. The molecule has 0 aliphatic heterocycles. The van der Waals surface area contributed by atoms with E-state index in [9.17, 15) is 0 Å². The molecule has 0 saturated heterocycles. The van der Waals surface area contributed by atoms with E-state index in [1.807, 2.05) is 32.4 Å². The van der Waals surface area contributed by atoms with Crippen LogP contribution < -0.4 is 5.32 Å². The minimum absolute atomic E-state index is 0.503. The zero-order chi connectivity index (χ0) is 13.7. The fourth-order valence-electron chi connectivity index (χ4n) is 2.24. The molecule has 0 aliphatic rings. The van der Waals surface area contributed by atoms with Crippen molar-refractivity contribution in [1.82, 2.24) is 20.3 Å². The van der Waals surface area contributed by atoms with Crippen LogP contribution >= 0.6 is 11.6 Å². The van der Waals surface area contributed by atoms with Gasteiger partial charge in [0.1, 0.15) is 0 Å². The normalized spacial score (nSPS) is 12.6. The van der Waals surface area contributed by atoms with Crippen LogP contribution in [0.2, 0.25) is 5.02 Å². The third kappa shape index (κ3) is 4.33. The summed E-state index contributed by atoms with van der Waals surface area (Å²) < 4.78 is 1.74. The molecule has 0 spiro atoms. The average molecular weight is 279 g/mol. The molecule has 4 nitrogen and oxygen atoms in total. The highest BCUT2D eigenvalue weighted by atomic mass is 35.5. The number of aromatic nitrogens is 3. The van der Waals surface area contributed by atoms with E-state index in [1.165, 1.54) is 5.56 Å². The molecule has 1 N–H and O–H groups in total. The molecule has 0 fully saturated rings. The smallest absolute Gasteiger partial charge is 0.0830 e. The Morgan fingerprint density at radius 2 is 2.00 bits per heavy atom. The second-order valence-electron chi connectivity index (χ2n) is 4.84. The number of nitrogens with zero attached hydrogens (tertiary/aromatic N) is 3. The van der Waals surface area contributed by atoms with Gasteiger partial charge in [-0.3, -0.25) is 4.68 Å². The van der Waals surface area contributed by atoms with Crippen LogP contribution in [0.15, 0.2) is 30.5 Å². The van der Waals surface area contributed by atoms with Crippen LogP contribution in [0.5, 0.6) is 0 Å². The summed E-state index contributed by atoms with van der Waals surface area (Å²) >= 11 is 5.91. The van der Waals surface area contributed by atoms with Crippen molar-refractivity contribution in [2.24, 2.45) is 13.0 Å². The molecular formula is C14H19ClN4. The Morgan fingerprint density at radius 3 is 2.58 bits per heavy atom. The molecule has 1 heterocycles. The van der Waals surface area contributed by atoms with Crippen LogP contribution in [-0.4, -0.2) is 28.6 Å². The van der Waals surface area contributed by atoms with Crippen molar-refractivity contribution in [2.75, 3.05) is 13.6 Å². The molecule has 19 heavy (non-hydrogen) atoms. The summed E-state index contributed by atoms with van der Waals surface area (Å²) in [5.41, 5.74) is 2.34. The first kappa shape index (κ1) is 14.0. The van der Waals surface area contributed by atoms with Gasteiger partial charge < -0.3 is 5.32 Å². The lowest BCUT2D eigenvalue weighted by molar-refractivity contribution is 0.488. The van der Waals surface area contributed by atoms with Gasteiger partial charge in [0.05, 0.1) is 5.69 Å². The van der Waals surface area contributed by atoms with Crippen LogP contribution in [0, 0.1) is 5.92 Å². The Bertz CT molecular complexity index is 506. The number of rotatable bonds is 6. The van der Waals surface area contributed by atoms with Gasteiger partial charge in [0, 0.05) is 18.3 Å². The molecular weight excluding hydrogens is 260 g/mol. The van der Waals surface area contributed by atoms with Crippen molar-refractivity contribution < 1.29 is 0 Å². The zero-order valence-corrected chi connectivity index (χ0v) is 12.1. The Labute approximate surface area is 118 Å². The Hall–Kier alpha value is -1.39. The van der Waals surface area contributed by atoms with Crippen molar-refractivity contribution in [3.63, 3.8) is 0 Å². The Morgan fingerprint density at radius 1 is 1.26 bits per heavy atom. The number of hydrogen-bond acceptors (Lipinski definition) is 3. The van der Waals surface area contributed by atoms with E-state index >= 15 is 0 Å². The minimum atomic E-state index is 0.503. The summed E-state index contributed by atoms with van der Waals surface area (Å²) in [7, 11) is 3.87. The minimum Gasteiger partial charge on any atom is -0.319 e. The first-order valence-corrected chi connectivity index (χ1v) is 6.79. The van der Waals surface area contributed by atoms with Gasteiger partial charge in [-0.15, -0.1) is 5.10 Å². The highest BCUT2D eigenvalue weighted by molar-refractivity contribution is 6.30. The standard InChI is InChI=1S/C14H19ClN4/c1-16-9-12(8-14-10-19(2)18-17-14)7-11-3-5-13(15)6-4-11/h3-6,10,12,16H,7-9H2,1-2H3. The number of halogens is 1. The van der Waals surface area contributed by atoms with E-state index in [2.05, 4.69) is 27.8 Å². The fraction of sp³-hybridized carbons (Fsp3) is 0.429. The Balaban J connectivity index is 2.01. The van der Waals surface area contributed by atoms with Crippen molar-refractivity contribution in [3.8, 4) is 0 Å². The SMILES string of the molecule is CNCC(Cc1ccc(Cl)cc1)Cc1cn(C)nn1. The van der Waals surface area contributed by atoms with Crippen molar-refractivity contribution in [2.45, 2.75) is 12.8 Å². The lowest BCUT2D eigenvalue weighted by Gasteiger charge is -2.15. The van der Waals surface area contributed by atoms with E-state index in [0.29, 0.717) is 5.92 Å². The van der Waals surface area contributed by atoms with Crippen LogP contribution in [-0.2, 0) is 19.9 Å². The first-order chi connectivity index (χ1) is 9.17. The topological polar surface area (TPSA) is 42.7 Å². The van der Waals surface area contributed by atoms with Gasteiger partial charge in [-0.1, -0.05) is 28.9 Å². The molecule has 1 aromatic carbocycles. The largest absolute Gasteiger partial charge is 0.319 e. The maximum Gasteiger partial charge on any atom is 0.0830 e.